The van der Waals surface area contributed by atoms with Crippen LogP contribution in [-0.2, 0) is 5.41 Å². The van der Waals surface area contributed by atoms with E-state index >= 15 is 0 Å². The summed E-state index contributed by atoms with van der Waals surface area (Å²) < 4.78 is 6.14. The summed E-state index contributed by atoms with van der Waals surface area (Å²) in [5.41, 5.74) is 17.3. The molecule has 0 aliphatic heterocycles. The van der Waals surface area contributed by atoms with E-state index in [1.807, 2.05) is 30.3 Å². The highest BCUT2D eigenvalue weighted by Gasteiger charge is 2.41. The van der Waals surface area contributed by atoms with Crippen molar-refractivity contribution in [1.29, 1.82) is 0 Å². The molecule has 0 saturated carbocycles. The van der Waals surface area contributed by atoms with Crippen molar-refractivity contribution in [2.75, 3.05) is 0 Å². The van der Waals surface area contributed by atoms with Gasteiger partial charge in [-0.15, -0.1) is 0 Å². The maximum Gasteiger partial charge on any atom is 0.160 e. The molecule has 268 valence electrons. The summed E-state index contributed by atoms with van der Waals surface area (Å²) in [6.45, 7) is 2.37. The zero-order chi connectivity index (χ0) is 37.9. The molecule has 1 aliphatic carbocycles. The van der Waals surface area contributed by atoms with Crippen LogP contribution in [0.1, 0.15) is 23.6 Å². The second-order valence-corrected chi connectivity index (χ2v) is 15.0. The maximum absolute atomic E-state index is 6.14. The van der Waals surface area contributed by atoms with Crippen LogP contribution in [0.25, 0.3) is 89.2 Å². The molecule has 0 saturated heterocycles. The van der Waals surface area contributed by atoms with Crippen LogP contribution >= 0.6 is 0 Å². The Kier molecular flexibility index (Phi) is 7.61. The van der Waals surface area contributed by atoms with Crippen molar-refractivity contribution in [2.24, 2.45) is 0 Å². The third kappa shape index (κ3) is 5.35. The largest absolute Gasteiger partial charge is 0.456 e. The first-order chi connectivity index (χ1) is 28.1. The monoisotopic (exact) mass is 728 g/mol. The maximum atomic E-state index is 6.14. The topological polar surface area (TPSA) is 38.9 Å². The first-order valence-electron chi connectivity index (χ1n) is 19.5. The average Bonchev–Trinajstić information content (AvgIpc) is 3.80. The van der Waals surface area contributed by atoms with Crippen LogP contribution in [0.2, 0.25) is 0 Å². The Morgan fingerprint density at radius 2 is 0.982 bits per heavy atom. The van der Waals surface area contributed by atoms with Crippen molar-refractivity contribution < 1.29 is 4.42 Å². The minimum atomic E-state index is -0.291. The van der Waals surface area contributed by atoms with Gasteiger partial charge in [-0.2, -0.15) is 0 Å². The quantitative estimate of drug-likeness (QED) is 0.171. The molecule has 0 fully saturated rings. The molecule has 1 aliphatic rings. The summed E-state index contributed by atoms with van der Waals surface area (Å²) in [7, 11) is 0. The van der Waals surface area contributed by atoms with Gasteiger partial charge >= 0.3 is 0 Å². The molecule has 3 heteroatoms. The first kappa shape index (κ1) is 33.0. The minimum absolute atomic E-state index is 0.291. The van der Waals surface area contributed by atoms with Gasteiger partial charge in [-0.1, -0.05) is 170 Å². The van der Waals surface area contributed by atoms with Gasteiger partial charge < -0.3 is 4.42 Å². The number of rotatable bonds is 6. The number of benzene rings is 8. The molecule has 0 N–H and O–H groups in total. The third-order valence-corrected chi connectivity index (χ3v) is 11.8. The number of furan rings is 1. The van der Waals surface area contributed by atoms with Gasteiger partial charge in [0.25, 0.3) is 0 Å². The highest BCUT2D eigenvalue weighted by atomic mass is 16.3. The first-order valence-corrected chi connectivity index (χ1v) is 19.5. The van der Waals surface area contributed by atoms with Gasteiger partial charge in [0, 0.05) is 32.9 Å². The van der Waals surface area contributed by atoms with Crippen LogP contribution in [0.4, 0.5) is 0 Å². The molecular weight excluding hydrogens is 693 g/mol. The molecule has 0 spiro atoms. The van der Waals surface area contributed by atoms with Crippen molar-refractivity contribution in [3.63, 3.8) is 0 Å². The summed E-state index contributed by atoms with van der Waals surface area (Å²) in [4.78, 5) is 10.5. The molecule has 3 nitrogen and oxygen atoms in total. The Hall–Kier alpha value is -7.36. The molecule has 11 rings (SSSR count). The SMILES string of the molecule is CC1(c2ccccc2)c2ccccc2-c2c(-c3ccccc3-c3cc(-c4cccc(-c5ccc6oc7ccccc7c6c5)c4)nc(-c4ccccc4)n3)cccc21. The minimum Gasteiger partial charge on any atom is -0.456 e. The second kappa shape index (κ2) is 13.1. The van der Waals surface area contributed by atoms with Gasteiger partial charge in [0.15, 0.2) is 5.82 Å². The van der Waals surface area contributed by atoms with Crippen molar-refractivity contribution in [3.05, 3.63) is 217 Å². The van der Waals surface area contributed by atoms with E-state index in [1.54, 1.807) is 0 Å². The fourth-order valence-electron chi connectivity index (χ4n) is 9.00. The molecule has 2 heterocycles. The summed E-state index contributed by atoms with van der Waals surface area (Å²) in [6.07, 6.45) is 0. The third-order valence-electron chi connectivity index (χ3n) is 11.8. The van der Waals surface area contributed by atoms with Gasteiger partial charge in [0.05, 0.1) is 11.4 Å². The van der Waals surface area contributed by atoms with Crippen LogP contribution < -0.4 is 0 Å². The van der Waals surface area contributed by atoms with E-state index in [-0.39, 0.29) is 5.41 Å². The Bertz CT molecular complexity index is 3140. The molecule has 10 aromatic rings. The Morgan fingerprint density at radius 3 is 1.84 bits per heavy atom. The predicted octanol–water partition coefficient (Wildman–Crippen LogP) is 14.0. The van der Waals surface area contributed by atoms with Gasteiger partial charge in [-0.3, -0.25) is 0 Å². The number of para-hydroxylation sites is 1. The molecule has 8 aromatic carbocycles. The summed E-state index contributed by atoms with van der Waals surface area (Å²) in [5, 5.41) is 2.23. The number of aromatic nitrogens is 2. The predicted molar refractivity (Wildman–Crippen MR) is 234 cm³/mol. The molecular formula is C54H36N2O. The standard InChI is InChI=1S/C54H36N2O/c1-54(39-20-6-3-7-21-39)46-27-12-10-25-44(46)52-43(26-15-28-47(52)54)40-22-8-9-23-41(40)49-34-48(55-53(56-49)35-16-4-2-5-17-35)38-19-14-18-36(32-38)37-30-31-51-45(33-37)42-24-11-13-29-50(42)57-51/h2-34H,1H3. The molecule has 0 radical (unpaired) electrons. The summed E-state index contributed by atoms with van der Waals surface area (Å²) in [5.74, 6) is 0.690. The zero-order valence-electron chi connectivity index (χ0n) is 31.4. The van der Waals surface area contributed by atoms with E-state index in [4.69, 9.17) is 14.4 Å². The number of hydrogen-bond acceptors (Lipinski definition) is 3. The van der Waals surface area contributed by atoms with E-state index in [0.29, 0.717) is 5.82 Å². The van der Waals surface area contributed by atoms with E-state index in [1.165, 1.54) is 33.4 Å². The van der Waals surface area contributed by atoms with Gasteiger partial charge in [0.1, 0.15) is 11.2 Å². The Balaban J connectivity index is 1.08. The average molecular weight is 729 g/mol. The second-order valence-electron chi connectivity index (χ2n) is 15.0. The lowest BCUT2D eigenvalue weighted by Crippen LogP contribution is -2.22. The highest BCUT2D eigenvalue weighted by molar-refractivity contribution is 6.06. The van der Waals surface area contributed by atoms with E-state index in [9.17, 15) is 0 Å². The highest BCUT2D eigenvalue weighted by Crippen LogP contribution is 2.55. The molecule has 0 bridgehead atoms. The van der Waals surface area contributed by atoms with Crippen LogP contribution in [0.15, 0.2) is 205 Å². The van der Waals surface area contributed by atoms with Crippen molar-refractivity contribution in [1.82, 2.24) is 9.97 Å². The fourth-order valence-corrected chi connectivity index (χ4v) is 9.00. The van der Waals surface area contributed by atoms with Crippen molar-refractivity contribution >= 4 is 21.9 Å². The summed E-state index contributed by atoms with van der Waals surface area (Å²) >= 11 is 0. The number of nitrogens with zero attached hydrogens (tertiary/aromatic N) is 2. The Morgan fingerprint density at radius 1 is 0.386 bits per heavy atom. The molecule has 2 aromatic heterocycles. The lowest BCUT2D eigenvalue weighted by molar-refractivity contribution is 0.669. The van der Waals surface area contributed by atoms with Crippen LogP contribution in [0.5, 0.6) is 0 Å². The van der Waals surface area contributed by atoms with Gasteiger partial charge in [0.2, 0.25) is 0 Å². The molecule has 0 amide bonds. The van der Waals surface area contributed by atoms with E-state index in [2.05, 4.69) is 177 Å². The number of fused-ring (bicyclic) bond motifs is 6. The molecule has 1 unspecified atom stereocenters. The lowest BCUT2D eigenvalue weighted by atomic mass is 9.74. The Labute approximate surface area is 331 Å². The molecule has 1 atom stereocenters. The van der Waals surface area contributed by atoms with Crippen molar-refractivity contribution in [2.45, 2.75) is 12.3 Å². The van der Waals surface area contributed by atoms with E-state index < -0.39 is 0 Å². The summed E-state index contributed by atoms with van der Waals surface area (Å²) in [6, 6.07) is 71.1. The zero-order valence-corrected chi connectivity index (χ0v) is 31.4. The van der Waals surface area contributed by atoms with E-state index in [0.717, 1.165) is 66.7 Å². The van der Waals surface area contributed by atoms with Crippen LogP contribution in [-0.4, -0.2) is 9.97 Å². The fraction of sp³-hybridized carbons (Fsp3) is 0.0370. The smallest absolute Gasteiger partial charge is 0.160 e. The van der Waals surface area contributed by atoms with Crippen LogP contribution in [0.3, 0.4) is 0 Å². The van der Waals surface area contributed by atoms with Crippen molar-refractivity contribution in [3.8, 4) is 67.3 Å². The van der Waals surface area contributed by atoms with Crippen LogP contribution in [0, 0.1) is 0 Å². The molecule has 57 heavy (non-hydrogen) atoms. The lowest BCUT2D eigenvalue weighted by Gasteiger charge is -2.28. The number of hydrogen-bond donors (Lipinski definition) is 0. The normalized spacial score (nSPS) is 14.5. The van der Waals surface area contributed by atoms with Gasteiger partial charge in [-0.05, 0) is 87.3 Å². The van der Waals surface area contributed by atoms with Gasteiger partial charge in [-0.25, -0.2) is 9.97 Å².